The summed E-state index contributed by atoms with van der Waals surface area (Å²) in [7, 11) is -1.88. The number of carbonyl (C=O) groups excluding carboxylic acids is 1. The highest BCUT2D eigenvalue weighted by Gasteiger charge is 2.19. The number of anilines is 1. The van der Waals surface area contributed by atoms with Crippen LogP contribution in [0.2, 0.25) is 0 Å². The lowest BCUT2D eigenvalue weighted by atomic mass is 10.1. The minimum atomic E-state index is -3.43. The normalized spacial score (nSPS) is 15.9. The lowest BCUT2D eigenvalue weighted by Crippen LogP contribution is -2.35. The number of hydrogen-bond acceptors (Lipinski definition) is 4. The van der Waals surface area contributed by atoms with Crippen LogP contribution in [0.1, 0.15) is 51.4 Å². The third-order valence-corrected chi connectivity index (χ3v) is 5.92. The number of sulfonamides is 1. The second-order valence-corrected chi connectivity index (χ2v) is 8.80. The van der Waals surface area contributed by atoms with Gasteiger partial charge in [-0.15, -0.1) is 0 Å². The lowest BCUT2D eigenvalue weighted by molar-refractivity contribution is -0.121. The third-order valence-electron chi connectivity index (χ3n) is 4.73. The number of nitrogens with one attached hydrogen (secondary N) is 1. The van der Waals surface area contributed by atoms with E-state index >= 15 is 0 Å². The SMILES string of the molecule is COc1cccc(N(CCCC(=O)NC2CCCCCC2)S(C)(=O)=O)c1. The smallest absolute Gasteiger partial charge is 0.232 e. The Kier molecular flexibility index (Phi) is 7.75. The summed E-state index contributed by atoms with van der Waals surface area (Å²) in [6, 6.07) is 7.21. The Morgan fingerprint density at radius 1 is 1.23 bits per heavy atom. The van der Waals surface area contributed by atoms with Crippen molar-refractivity contribution in [1.29, 1.82) is 0 Å². The third kappa shape index (κ3) is 6.52. The van der Waals surface area contributed by atoms with Crippen molar-refractivity contribution in [2.45, 2.75) is 57.4 Å². The number of carbonyl (C=O) groups is 1. The quantitative estimate of drug-likeness (QED) is 0.701. The van der Waals surface area contributed by atoms with E-state index in [9.17, 15) is 13.2 Å². The Balaban J connectivity index is 1.90. The maximum absolute atomic E-state index is 12.2. The van der Waals surface area contributed by atoms with Gasteiger partial charge < -0.3 is 10.1 Å². The fraction of sp³-hybridized carbons (Fsp3) is 0.632. The molecule has 0 bridgehead atoms. The lowest BCUT2D eigenvalue weighted by Gasteiger charge is -2.23. The van der Waals surface area contributed by atoms with Crippen LogP contribution in [0.4, 0.5) is 5.69 Å². The minimum Gasteiger partial charge on any atom is -0.497 e. The number of nitrogens with zero attached hydrogens (tertiary/aromatic N) is 1. The largest absolute Gasteiger partial charge is 0.497 e. The molecule has 1 fully saturated rings. The molecule has 0 heterocycles. The molecule has 0 atom stereocenters. The molecule has 0 saturated heterocycles. The van der Waals surface area contributed by atoms with Crippen LogP contribution in [0, 0.1) is 0 Å². The highest BCUT2D eigenvalue weighted by molar-refractivity contribution is 7.92. The molecule has 1 saturated carbocycles. The van der Waals surface area contributed by atoms with Crippen LogP contribution in [-0.4, -0.2) is 40.3 Å². The molecule has 2 rings (SSSR count). The van der Waals surface area contributed by atoms with E-state index in [1.54, 1.807) is 31.4 Å². The number of methoxy groups -OCH3 is 1. The number of rotatable bonds is 8. The van der Waals surface area contributed by atoms with Gasteiger partial charge in [0, 0.05) is 25.1 Å². The van der Waals surface area contributed by atoms with E-state index in [0.717, 1.165) is 12.8 Å². The van der Waals surface area contributed by atoms with Gasteiger partial charge in [0.15, 0.2) is 0 Å². The summed E-state index contributed by atoms with van der Waals surface area (Å²) in [5, 5.41) is 3.10. The Bertz CT molecular complexity index is 683. The highest BCUT2D eigenvalue weighted by atomic mass is 32.2. The van der Waals surface area contributed by atoms with E-state index in [2.05, 4.69) is 5.32 Å². The van der Waals surface area contributed by atoms with Crippen molar-refractivity contribution in [3.05, 3.63) is 24.3 Å². The van der Waals surface area contributed by atoms with E-state index in [1.165, 1.54) is 36.2 Å². The van der Waals surface area contributed by atoms with Crippen molar-refractivity contribution in [3.8, 4) is 5.75 Å². The highest BCUT2D eigenvalue weighted by Crippen LogP contribution is 2.23. The topological polar surface area (TPSA) is 75.7 Å². The van der Waals surface area contributed by atoms with Gasteiger partial charge >= 0.3 is 0 Å². The van der Waals surface area contributed by atoms with Gasteiger partial charge in [0.2, 0.25) is 15.9 Å². The fourth-order valence-corrected chi connectivity index (χ4v) is 4.32. The Hall–Kier alpha value is -1.76. The molecule has 7 heteroatoms. The number of ether oxygens (including phenoxy) is 1. The van der Waals surface area contributed by atoms with E-state index in [-0.39, 0.29) is 18.5 Å². The Morgan fingerprint density at radius 2 is 1.92 bits per heavy atom. The molecule has 0 spiro atoms. The molecule has 146 valence electrons. The van der Waals surface area contributed by atoms with E-state index in [4.69, 9.17) is 4.74 Å². The summed E-state index contributed by atoms with van der Waals surface area (Å²) in [5.41, 5.74) is 0.552. The summed E-state index contributed by atoms with van der Waals surface area (Å²) in [4.78, 5) is 12.2. The number of amides is 1. The first-order valence-corrected chi connectivity index (χ1v) is 11.2. The van der Waals surface area contributed by atoms with Crippen LogP contribution >= 0.6 is 0 Å². The summed E-state index contributed by atoms with van der Waals surface area (Å²) in [6.07, 6.45) is 8.90. The average Bonchev–Trinajstić information content (AvgIpc) is 2.86. The Morgan fingerprint density at radius 3 is 2.54 bits per heavy atom. The van der Waals surface area contributed by atoms with Crippen LogP contribution in [-0.2, 0) is 14.8 Å². The minimum absolute atomic E-state index is 0.0102. The van der Waals surface area contributed by atoms with Crippen molar-refractivity contribution in [2.24, 2.45) is 0 Å². The van der Waals surface area contributed by atoms with E-state index < -0.39 is 10.0 Å². The van der Waals surface area contributed by atoms with Crippen LogP contribution in [0.5, 0.6) is 5.75 Å². The zero-order valence-corrected chi connectivity index (χ0v) is 16.6. The van der Waals surface area contributed by atoms with Gasteiger partial charge in [-0.1, -0.05) is 31.7 Å². The molecule has 1 aliphatic rings. The zero-order chi connectivity index (χ0) is 19.0. The summed E-state index contributed by atoms with van der Waals surface area (Å²) in [6.45, 7) is 0.268. The van der Waals surface area contributed by atoms with Gasteiger partial charge in [0.05, 0.1) is 19.1 Å². The summed E-state index contributed by atoms with van der Waals surface area (Å²) >= 11 is 0. The van der Waals surface area contributed by atoms with Crippen molar-refractivity contribution in [1.82, 2.24) is 5.32 Å². The van der Waals surface area contributed by atoms with Crippen molar-refractivity contribution < 1.29 is 17.9 Å². The van der Waals surface area contributed by atoms with Crippen molar-refractivity contribution in [2.75, 3.05) is 24.2 Å². The summed E-state index contributed by atoms with van der Waals surface area (Å²) < 4.78 is 30.8. The zero-order valence-electron chi connectivity index (χ0n) is 15.7. The maximum atomic E-state index is 12.2. The molecule has 0 unspecified atom stereocenters. The van der Waals surface area contributed by atoms with Gasteiger partial charge in [-0.2, -0.15) is 0 Å². The Labute approximate surface area is 157 Å². The molecule has 0 aliphatic heterocycles. The fourth-order valence-electron chi connectivity index (χ4n) is 3.36. The number of benzene rings is 1. The van der Waals surface area contributed by atoms with E-state index in [0.29, 0.717) is 24.3 Å². The summed E-state index contributed by atoms with van der Waals surface area (Å²) in [5.74, 6) is 0.609. The molecule has 1 aromatic rings. The predicted molar refractivity (Wildman–Crippen MR) is 104 cm³/mol. The molecular formula is C19H30N2O4S. The van der Waals surface area contributed by atoms with Crippen molar-refractivity contribution in [3.63, 3.8) is 0 Å². The van der Waals surface area contributed by atoms with Crippen LogP contribution < -0.4 is 14.4 Å². The molecule has 1 aliphatic carbocycles. The van der Waals surface area contributed by atoms with Gasteiger partial charge in [0.25, 0.3) is 0 Å². The number of hydrogen-bond donors (Lipinski definition) is 1. The van der Waals surface area contributed by atoms with Gasteiger partial charge in [0.1, 0.15) is 5.75 Å². The first-order chi connectivity index (χ1) is 12.4. The van der Waals surface area contributed by atoms with Crippen LogP contribution in [0.3, 0.4) is 0 Å². The molecule has 0 radical (unpaired) electrons. The molecule has 1 amide bonds. The first-order valence-electron chi connectivity index (χ1n) is 9.31. The average molecular weight is 383 g/mol. The van der Waals surface area contributed by atoms with Crippen molar-refractivity contribution >= 4 is 21.6 Å². The van der Waals surface area contributed by atoms with E-state index in [1.807, 2.05) is 0 Å². The second-order valence-electron chi connectivity index (χ2n) is 6.90. The first kappa shape index (κ1) is 20.6. The molecule has 6 nitrogen and oxygen atoms in total. The standard InChI is InChI=1S/C19H30N2O4S/c1-25-18-12-7-11-17(15-18)21(26(2,23)24)14-8-13-19(22)20-16-9-5-3-4-6-10-16/h7,11-12,15-16H,3-6,8-10,13-14H2,1-2H3,(H,20,22). The monoisotopic (exact) mass is 382 g/mol. The molecule has 0 aromatic heterocycles. The van der Waals surface area contributed by atoms with Crippen LogP contribution in [0.25, 0.3) is 0 Å². The molecule has 26 heavy (non-hydrogen) atoms. The molecule has 1 N–H and O–H groups in total. The molecule has 1 aromatic carbocycles. The second kappa shape index (κ2) is 9.80. The van der Waals surface area contributed by atoms with Crippen LogP contribution in [0.15, 0.2) is 24.3 Å². The van der Waals surface area contributed by atoms with Gasteiger partial charge in [-0.25, -0.2) is 8.42 Å². The molecular weight excluding hydrogens is 352 g/mol. The van der Waals surface area contributed by atoms with Gasteiger partial charge in [-0.3, -0.25) is 9.10 Å². The predicted octanol–water partition coefficient (Wildman–Crippen LogP) is 3.08. The van der Waals surface area contributed by atoms with Gasteiger partial charge in [-0.05, 0) is 31.4 Å². The maximum Gasteiger partial charge on any atom is 0.232 e.